The molecule has 4 nitrogen and oxygen atoms in total. The molecule has 0 aliphatic carbocycles. The highest BCUT2D eigenvalue weighted by molar-refractivity contribution is 7.22. The molecule has 0 radical (unpaired) electrons. The van der Waals surface area contributed by atoms with Gasteiger partial charge in [-0.1, -0.05) is 35.1 Å². The minimum absolute atomic E-state index is 0.00471. The zero-order valence-electron chi connectivity index (χ0n) is 11.4. The van der Waals surface area contributed by atoms with Crippen molar-refractivity contribution in [3.8, 4) is 5.75 Å². The highest BCUT2D eigenvalue weighted by Crippen LogP contribution is 2.29. The molecule has 1 heterocycles. The Balaban J connectivity index is 1.86. The van der Waals surface area contributed by atoms with Crippen LogP contribution in [0.2, 0.25) is 5.02 Å². The van der Waals surface area contributed by atoms with Crippen molar-refractivity contribution in [1.29, 1.82) is 0 Å². The van der Waals surface area contributed by atoms with E-state index in [2.05, 4.69) is 15.0 Å². The Morgan fingerprint density at radius 3 is 2.83 bits per heavy atom. The predicted octanol–water partition coefficient (Wildman–Crippen LogP) is 4.80. The van der Waals surface area contributed by atoms with Crippen LogP contribution in [0.15, 0.2) is 42.5 Å². The van der Waals surface area contributed by atoms with Gasteiger partial charge in [-0.2, -0.15) is 8.78 Å². The first-order valence-corrected chi connectivity index (χ1v) is 7.63. The number of ether oxygens (including phenoxy) is 1. The zero-order valence-corrected chi connectivity index (χ0v) is 13.0. The average molecular weight is 355 g/mol. The van der Waals surface area contributed by atoms with Crippen LogP contribution < -0.4 is 10.1 Å². The molecule has 2 aromatic carbocycles. The normalized spacial score (nSPS) is 11.0. The number of fused-ring (bicyclic) bond motifs is 1. The molecule has 3 aromatic rings. The molecule has 0 fully saturated rings. The van der Waals surface area contributed by atoms with Gasteiger partial charge in [-0.3, -0.25) is 10.1 Å². The van der Waals surface area contributed by atoms with E-state index in [0.717, 1.165) is 4.70 Å². The van der Waals surface area contributed by atoms with Crippen molar-refractivity contribution in [1.82, 2.24) is 4.98 Å². The van der Waals surface area contributed by atoms with Gasteiger partial charge in [0, 0.05) is 5.02 Å². The molecular formula is C15H9ClF2N2O2S. The first-order valence-electron chi connectivity index (χ1n) is 6.44. The van der Waals surface area contributed by atoms with Crippen LogP contribution in [0.1, 0.15) is 10.4 Å². The van der Waals surface area contributed by atoms with E-state index in [-0.39, 0.29) is 11.3 Å². The molecule has 0 aliphatic heterocycles. The van der Waals surface area contributed by atoms with Crippen molar-refractivity contribution >= 4 is 44.2 Å². The van der Waals surface area contributed by atoms with Gasteiger partial charge in [0.2, 0.25) is 0 Å². The molecule has 0 spiro atoms. The smallest absolute Gasteiger partial charge is 0.387 e. The summed E-state index contributed by atoms with van der Waals surface area (Å²) < 4.78 is 29.9. The number of hydrogen-bond acceptors (Lipinski definition) is 4. The number of rotatable bonds is 4. The number of thiazole rings is 1. The van der Waals surface area contributed by atoms with Crippen LogP contribution in [0, 0.1) is 0 Å². The molecule has 3 rings (SSSR count). The Labute approximate surface area is 138 Å². The minimum atomic E-state index is -3.01. The number of nitrogens with one attached hydrogen (secondary N) is 1. The Morgan fingerprint density at radius 2 is 2.04 bits per heavy atom. The van der Waals surface area contributed by atoms with E-state index in [4.69, 9.17) is 11.6 Å². The van der Waals surface area contributed by atoms with Gasteiger partial charge in [-0.25, -0.2) is 4.98 Å². The summed E-state index contributed by atoms with van der Waals surface area (Å²) in [6.45, 7) is -3.01. The van der Waals surface area contributed by atoms with Gasteiger partial charge in [-0.05, 0) is 30.3 Å². The van der Waals surface area contributed by atoms with E-state index in [9.17, 15) is 13.6 Å². The van der Waals surface area contributed by atoms with Gasteiger partial charge in [-0.15, -0.1) is 0 Å². The summed E-state index contributed by atoms with van der Waals surface area (Å²) in [5.41, 5.74) is 0.692. The summed E-state index contributed by atoms with van der Waals surface area (Å²) in [5, 5.41) is 3.49. The van der Waals surface area contributed by atoms with E-state index in [1.807, 2.05) is 0 Å². The van der Waals surface area contributed by atoms with E-state index < -0.39 is 12.5 Å². The number of anilines is 1. The number of halogens is 3. The fourth-order valence-electron chi connectivity index (χ4n) is 1.97. The number of para-hydroxylation sites is 1. The van der Waals surface area contributed by atoms with Gasteiger partial charge in [0.05, 0.1) is 15.8 Å². The Morgan fingerprint density at radius 1 is 1.26 bits per heavy atom. The molecule has 0 aliphatic rings. The molecule has 0 unspecified atom stereocenters. The van der Waals surface area contributed by atoms with E-state index in [0.29, 0.717) is 15.7 Å². The topological polar surface area (TPSA) is 51.2 Å². The second-order valence-electron chi connectivity index (χ2n) is 4.46. The van der Waals surface area contributed by atoms with Crippen LogP contribution in [-0.2, 0) is 0 Å². The molecule has 0 saturated carbocycles. The summed E-state index contributed by atoms with van der Waals surface area (Å²) in [6, 6.07) is 10.9. The largest absolute Gasteiger partial charge is 0.434 e. The van der Waals surface area contributed by atoms with Crippen LogP contribution in [0.4, 0.5) is 13.9 Å². The Hall–Kier alpha value is -2.25. The fourth-order valence-corrected chi connectivity index (χ4v) is 3.11. The van der Waals surface area contributed by atoms with Crippen LogP contribution in [-0.4, -0.2) is 17.5 Å². The maximum Gasteiger partial charge on any atom is 0.387 e. The van der Waals surface area contributed by atoms with Crippen molar-refractivity contribution in [3.05, 3.63) is 53.1 Å². The van der Waals surface area contributed by atoms with Crippen LogP contribution in [0.5, 0.6) is 5.75 Å². The lowest BCUT2D eigenvalue weighted by Gasteiger charge is -2.09. The van der Waals surface area contributed by atoms with E-state index >= 15 is 0 Å². The predicted molar refractivity (Wildman–Crippen MR) is 85.7 cm³/mol. The van der Waals surface area contributed by atoms with Gasteiger partial charge in [0.1, 0.15) is 5.75 Å². The molecule has 1 amide bonds. The van der Waals surface area contributed by atoms with Gasteiger partial charge >= 0.3 is 6.61 Å². The molecular weight excluding hydrogens is 346 g/mol. The summed E-state index contributed by atoms with van der Waals surface area (Å²) in [5.74, 6) is -0.768. The lowest BCUT2D eigenvalue weighted by Crippen LogP contribution is -2.14. The summed E-state index contributed by atoms with van der Waals surface area (Å²) in [7, 11) is 0. The second-order valence-corrected chi connectivity index (χ2v) is 5.93. The third-order valence-corrected chi connectivity index (χ3v) is 4.09. The Bertz CT molecular complexity index is 870. The quantitative estimate of drug-likeness (QED) is 0.732. The number of amides is 1. The number of hydrogen-bond donors (Lipinski definition) is 1. The molecule has 8 heteroatoms. The average Bonchev–Trinajstić information content (AvgIpc) is 2.88. The standard InChI is InChI=1S/C15H9ClF2N2O2S/c16-8-5-6-10-12(7-8)23-15(19-10)20-13(21)9-3-1-2-4-11(9)22-14(17)18/h1-7,14H,(H,19,20,21). The molecule has 0 bridgehead atoms. The molecule has 1 N–H and O–H groups in total. The molecule has 0 saturated heterocycles. The summed E-state index contributed by atoms with van der Waals surface area (Å²) in [6.07, 6.45) is 0. The summed E-state index contributed by atoms with van der Waals surface area (Å²) >= 11 is 7.14. The van der Waals surface area contributed by atoms with Crippen LogP contribution in [0.3, 0.4) is 0 Å². The lowest BCUT2D eigenvalue weighted by molar-refractivity contribution is -0.0501. The monoisotopic (exact) mass is 354 g/mol. The number of benzene rings is 2. The van der Waals surface area contributed by atoms with Crippen molar-refractivity contribution in [2.45, 2.75) is 6.61 Å². The molecule has 1 aromatic heterocycles. The fraction of sp³-hybridized carbons (Fsp3) is 0.0667. The molecule has 0 atom stereocenters. The third kappa shape index (κ3) is 3.57. The lowest BCUT2D eigenvalue weighted by atomic mass is 10.2. The maximum absolute atomic E-state index is 12.4. The first kappa shape index (κ1) is 15.6. The number of aromatic nitrogens is 1. The third-order valence-electron chi connectivity index (χ3n) is 2.92. The maximum atomic E-state index is 12.4. The molecule has 118 valence electrons. The van der Waals surface area contributed by atoms with Gasteiger partial charge in [0.25, 0.3) is 5.91 Å². The van der Waals surface area contributed by atoms with Crippen LogP contribution >= 0.6 is 22.9 Å². The van der Waals surface area contributed by atoms with Crippen molar-refractivity contribution < 1.29 is 18.3 Å². The number of nitrogens with zero attached hydrogens (tertiary/aromatic N) is 1. The molecule has 23 heavy (non-hydrogen) atoms. The highest BCUT2D eigenvalue weighted by Gasteiger charge is 2.16. The Kier molecular flexibility index (Phi) is 4.40. The van der Waals surface area contributed by atoms with Crippen LogP contribution in [0.25, 0.3) is 10.2 Å². The highest BCUT2D eigenvalue weighted by atomic mass is 35.5. The van der Waals surface area contributed by atoms with E-state index in [1.165, 1.54) is 29.5 Å². The van der Waals surface area contributed by atoms with Gasteiger partial charge < -0.3 is 4.74 Å². The zero-order chi connectivity index (χ0) is 16.4. The first-order chi connectivity index (χ1) is 11.0. The SMILES string of the molecule is O=C(Nc1nc2ccc(Cl)cc2s1)c1ccccc1OC(F)F. The number of carbonyl (C=O) groups is 1. The minimum Gasteiger partial charge on any atom is -0.434 e. The van der Waals surface area contributed by atoms with Gasteiger partial charge in [0.15, 0.2) is 5.13 Å². The number of carbonyl (C=O) groups excluding carboxylic acids is 1. The summed E-state index contributed by atoms with van der Waals surface area (Å²) in [4.78, 5) is 16.5. The number of alkyl halides is 2. The second kappa shape index (κ2) is 6.47. The van der Waals surface area contributed by atoms with Crippen molar-refractivity contribution in [2.75, 3.05) is 5.32 Å². The van der Waals surface area contributed by atoms with E-state index in [1.54, 1.807) is 24.3 Å². The van der Waals surface area contributed by atoms with Crippen molar-refractivity contribution in [2.24, 2.45) is 0 Å². The van der Waals surface area contributed by atoms with Crippen molar-refractivity contribution in [3.63, 3.8) is 0 Å².